The molecule has 0 spiro atoms. The van der Waals surface area contributed by atoms with Crippen molar-refractivity contribution in [2.45, 2.75) is 84.3 Å². The minimum absolute atomic E-state index is 0.0599. The lowest BCUT2D eigenvalue weighted by Gasteiger charge is -2.28. The van der Waals surface area contributed by atoms with Gasteiger partial charge in [-0.1, -0.05) is 23.7 Å². The Bertz CT molecular complexity index is 1140. The predicted octanol–water partition coefficient (Wildman–Crippen LogP) is 6.30. The summed E-state index contributed by atoms with van der Waals surface area (Å²) in [5.41, 5.74) is -1.06. The number of carbonyl (C=O) groups excluding carboxylic acids is 3. The number of amides is 2. The topological polar surface area (TPSA) is 100.0 Å². The minimum atomic E-state index is -0.884. The van der Waals surface area contributed by atoms with Crippen LogP contribution >= 0.6 is 11.6 Å². The van der Waals surface area contributed by atoms with Crippen molar-refractivity contribution in [1.29, 1.82) is 0 Å². The van der Waals surface area contributed by atoms with E-state index in [1.54, 1.807) is 65.4 Å². The first-order valence-electron chi connectivity index (χ1n) is 12.9. The molecule has 208 valence electrons. The first-order chi connectivity index (χ1) is 17.7. The van der Waals surface area contributed by atoms with E-state index >= 15 is 0 Å². The van der Waals surface area contributed by atoms with Gasteiger partial charge in [0.2, 0.25) is 0 Å². The number of rotatable bonds is 8. The molecule has 0 aliphatic heterocycles. The molecule has 0 N–H and O–H groups in total. The van der Waals surface area contributed by atoms with Crippen LogP contribution in [0.4, 0.5) is 9.59 Å². The second-order valence-corrected chi connectivity index (χ2v) is 11.9. The zero-order valence-electron chi connectivity index (χ0n) is 23.2. The van der Waals surface area contributed by atoms with Crippen molar-refractivity contribution < 1.29 is 28.6 Å². The molecule has 2 atom stereocenters. The third-order valence-corrected chi connectivity index (χ3v) is 6.40. The van der Waals surface area contributed by atoms with Crippen LogP contribution in [0.1, 0.15) is 73.4 Å². The largest absolute Gasteiger partial charge is 0.465 e. The first-order valence-corrected chi connectivity index (χ1v) is 13.3. The summed E-state index contributed by atoms with van der Waals surface area (Å²) < 4.78 is 18.1. The summed E-state index contributed by atoms with van der Waals surface area (Å²) >= 11 is 6.35. The quantitative estimate of drug-likeness (QED) is 0.282. The van der Waals surface area contributed by atoms with Crippen LogP contribution in [0.2, 0.25) is 5.02 Å². The molecule has 0 bridgehead atoms. The molecule has 3 rings (SSSR count). The highest BCUT2D eigenvalue weighted by atomic mass is 35.5. The summed E-state index contributed by atoms with van der Waals surface area (Å²) in [4.78, 5) is 44.2. The highest BCUT2D eigenvalue weighted by Crippen LogP contribution is 2.57. The van der Waals surface area contributed by atoms with Crippen molar-refractivity contribution in [2.75, 3.05) is 13.2 Å². The molecule has 1 aromatic heterocycles. The Kier molecular flexibility index (Phi) is 8.81. The number of benzene rings is 1. The lowest BCUT2D eigenvalue weighted by Crippen LogP contribution is -2.44. The molecule has 0 saturated heterocycles. The average molecular weight is 548 g/mol. The normalized spacial score (nSPS) is 19.0. The fraction of sp³-hybridized carbons (Fsp3) is 0.571. The third kappa shape index (κ3) is 7.07. The van der Waals surface area contributed by atoms with Crippen LogP contribution in [0.15, 0.2) is 36.8 Å². The van der Waals surface area contributed by atoms with E-state index in [1.807, 2.05) is 24.4 Å². The van der Waals surface area contributed by atoms with Crippen LogP contribution < -0.4 is 0 Å². The van der Waals surface area contributed by atoms with Gasteiger partial charge in [-0.2, -0.15) is 0 Å². The number of hydrogen-bond donors (Lipinski definition) is 0. The number of esters is 1. The Hall–Kier alpha value is -3.07. The third-order valence-electron chi connectivity index (χ3n) is 6.08. The highest BCUT2D eigenvalue weighted by molar-refractivity contribution is 6.32. The van der Waals surface area contributed by atoms with Gasteiger partial charge in [-0.05, 0) is 85.8 Å². The number of carbonyl (C=O) groups is 3. The summed E-state index contributed by atoms with van der Waals surface area (Å²) in [7, 11) is 0. The molecule has 10 heteroatoms. The van der Waals surface area contributed by atoms with Gasteiger partial charge in [-0.3, -0.25) is 4.79 Å². The number of nitrogens with zero attached hydrogens (tertiary/aromatic N) is 3. The van der Waals surface area contributed by atoms with Crippen molar-refractivity contribution in [3.8, 4) is 5.69 Å². The number of aromatic nitrogens is 2. The number of imidazole rings is 1. The number of para-hydroxylation sites is 1. The Morgan fingerprint density at radius 1 is 1.08 bits per heavy atom. The van der Waals surface area contributed by atoms with Crippen molar-refractivity contribution in [3.63, 3.8) is 0 Å². The molecule has 0 radical (unpaired) electrons. The second-order valence-electron chi connectivity index (χ2n) is 11.5. The number of imide groups is 1. The van der Waals surface area contributed by atoms with Gasteiger partial charge in [0.05, 0.1) is 29.3 Å². The maximum absolute atomic E-state index is 13.1. The molecule has 1 saturated carbocycles. The fourth-order valence-electron chi connectivity index (χ4n) is 4.34. The number of ether oxygens (including phenoxy) is 3. The average Bonchev–Trinajstić information content (AvgIpc) is 3.31. The molecular weight excluding hydrogens is 510 g/mol. The van der Waals surface area contributed by atoms with Crippen LogP contribution in [-0.2, 0) is 24.4 Å². The van der Waals surface area contributed by atoms with Crippen LogP contribution in [0.3, 0.4) is 0 Å². The molecule has 2 amide bonds. The summed E-state index contributed by atoms with van der Waals surface area (Å²) in [5, 5.41) is 0.568. The van der Waals surface area contributed by atoms with Crippen LogP contribution in [-0.4, -0.2) is 57.0 Å². The van der Waals surface area contributed by atoms with E-state index in [4.69, 9.17) is 25.8 Å². The lowest BCUT2D eigenvalue weighted by molar-refractivity contribution is -0.146. The maximum Gasteiger partial charge on any atom is 0.419 e. The second kappa shape index (κ2) is 11.4. The summed E-state index contributed by atoms with van der Waals surface area (Å²) in [6.45, 7) is 12.5. The zero-order valence-corrected chi connectivity index (χ0v) is 24.0. The molecule has 9 nitrogen and oxygen atoms in total. The lowest BCUT2D eigenvalue weighted by atomic mass is 9.97. The fourth-order valence-corrected chi connectivity index (χ4v) is 4.57. The molecule has 1 aliphatic rings. The van der Waals surface area contributed by atoms with Crippen LogP contribution in [0.5, 0.6) is 0 Å². The van der Waals surface area contributed by atoms with E-state index in [0.29, 0.717) is 30.0 Å². The molecule has 1 aliphatic carbocycles. The molecule has 1 fully saturated rings. The van der Waals surface area contributed by atoms with E-state index in [1.165, 1.54) is 0 Å². The van der Waals surface area contributed by atoms with E-state index in [2.05, 4.69) is 4.98 Å². The van der Waals surface area contributed by atoms with E-state index in [-0.39, 0.29) is 25.0 Å². The Balaban J connectivity index is 1.75. The Morgan fingerprint density at radius 2 is 1.68 bits per heavy atom. The minimum Gasteiger partial charge on any atom is -0.465 e. The monoisotopic (exact) mass is 547 g/mol. The summed E-state index contributed by atoms with van der Waals surface area (Å²) in [6.07, 6.45) is 3.50. The molecular formula is C28H38ClN3O6. The van der Waals surface area contributed by atoms with Gasteiger partial charge >= 0.3 is 18.2 Å². The molecule has 1 heterocycles. The van der Waals surface area contributed by atoms with Crippen molar-refractivity contribution >= 4 is 29.8 Å². The van der Waals surface area contributed by atoms with E-state index in [0.717, 1.165) is 10.6 Å². The highest BCUT2D eigenvalue weighted by Gasteiger charge is 2.63. The maximum atomic E-state index is 13.1. The van der Waals surface area contributed by atoms with Gasteiger partial charge in [0.25, 0.3) is 0 Å². The summed E-state index contributed by atoms with van der Waals surface area (Å²) in [6, 6.07) is 7.39. The Labute approximate surface area is 229 Å². The zero-order chi connectivity index (χ0) is 28.3. The summed E-state index contributed by atoms with van der Waals surface area (Å²) in [5.74, 6) is -0.388. The number of hydrogen-bond acceptors (Lipinski definition) is 7. The Morgan fingerprint density at radius 3 is 2.24 bits per heavy atom. The molecule has 38 heavy (non-hydrogen) atoms. The van der Waals surface area contributed by atoms with Crippen LogP contribution in [0, 0.1) is 5.92 Å². The van der Waals surface area contributed by atoms with Gasteiger partial charge < -0.3 is 18.8 Å². The van der Waals surface area contributed by atoms with Gasteiger partial charge in [-0.25, -0.2) is 19.5 Å². The van der Waals surface area contributed by atoms with Gasteiger partial charge in [0.15, 0.2) is 0 Å². The van der Waals surface area contributed by atoms with E-state index < -0.39 is 28.8 Å². The van der Waals surface area contributed by atoms with Crippen molar-refractivity contribution in [1.82, 2.24) is 14.5 Å². The van der Waals surface area contributed by atoms with Gasteiger partial charge in [-0.15, -0.1) is 0 Å². The molecule has 2 aromatic rings. The van der Waals surface area contributed by atoms with Crippen molar-refractivity contribution in [2.24, 2.45) is 5.92 Å². The van der Waals surface area contributed by atoms with E-state index in [9.17, 15) is 14.4 Å². The van der Waals surface area contributed by atoms with Gasteiger partial charge in [0.1, 0.15) is 16.6 Å². The van der Waals surface area contributed by atoms with Crippen molar-refractivity contribution in [3.05, 3.63) is 47.5 Å². The molecule has 1 unspecified atom stereocenters. The van der Waals surface area contributed by atoms with Crippen LogP contribution in [0.25, 0.3) is 5.69 Å². The standard InChI is InChI=1S/C28H38ClN3O6/c1-8-36-23(33)28(22-17-31(18-30-22)21-14-10-9-13-20(21)29)16-19(28)12-11-15-32(24(34)37-26(2,3)4)25(35)38-27(5,6)7/h9-10,13-14,17-19H,8,11-12,15-16H2,1-7H3/t19-,28?/m1/s1. The first kappa shape index (κ1) is 29.5. The SMILES string of the molecule is CCOC(=O)C1(c2cn(-c3ccccc3Cl)cn2)C[C@H]1CCCN(C(=O)OC(C)(C)C)C(=O)OC(C)(C)C. The molecule has 1 aromatic carbocycles. The smallest absolute Gasteiger partial charge is 0.419 e. The predicted molar refractivity (Wildman–Crippen MR) is 143 cm³/mol. The number of halogens is 1. The van der Waals surface area contributed by atoms with Gasteiger partial charge in [0, 0.05) is 12.7 Å².